The summed E-state index contributed by atoms with van der Waals surface area (Å²) in [6.07, 6.45) is 8.21. The minimum Gasteiger partial charge on any atom is -0.311 e. The second-order valence-corrected chi connectivity index (χ2v) is 3.01. The molecule has 0 aromatic carbocycles. The Kier molecular flexibility index (Phi) is 1.57. The van der Waals surface area contributed by atoms with E-state index in [0.717, 1.165) is 12.2 Å². The van der Waals surface area contributed by atoms with Crippen LogP contribution in [0.25, 0.3) is 6.20 Å². The number of fused-ring (bicyclic) bond motifs is 1. The highest BCUT2D eigenvalue weighted by molar-refractivity contribution is 5.81. The third-order valence-electron chi connectivity index (χ3n) is 2.15. The van der Waals surface area contributed by atoms with Crippen LogP contribution < -0.4 is 0 Å². The smallest absolute Gasteiger partial charge is 0.137 e. The highest BCUT2D eigenvalue weighted by Crippen LogP contribution is 2.15. The van der Waals surface area contributed by atoms with Gasteiger partial charge in [-0.05, 0) is 6.92 Å². The highest BCUT2D eigenvalue weighted by Gasteiger charge is 2.17. The molecule has 0 bridgehead atoms. The molecule has 0 aliphatic carbocycles. The zero-order valence-electron chi connectivity index (χ0n) is 6.90. The van der Waals surface area contributed by atoms with E-state index in [9.17, 15) is 4.79 Å². The van der Waals surface area contributed by atoms with Gasteiger partial charge in [-0.1, -0.05) is 6.08 Å². The Morgan fingerprint density at radius 2 is 2.58 bits per heavy atom. The summed E-state index contributed by atoms with van der Waals surface area (Å²) in [7, 11) is 0. The van der Waals surface area contributed by atoms with E-state index in [1.165, 1.54) is 0 Å². The van der Waals surface area contributed by atoms with E-state index in [1.807, 2.05) is 23.0 Å². The van der Waals surface area contributed by atoms with Crippen molar-refractivity contribution in [2.75, 3.05) is 0 Å². The van der Waals surface area contributed by atoms with Crippen LogP contribution in [0.2, 0.25) is 0 Å². The van der Waals surface area contributed by atoms with Gasteiger partial charge in [-0.3, -0.25) is 4.79 Å². The zero-order valence-corrected chi connectivity index (χ0v) is 6.90. The summed E-state index contributed by atoms with van der Waals surface area (Å²) < 4.78 is 1.94. The Hall–Kier alpha value is -1.38. The van der Waals surface area contributed by atoms with Crippen LogP contribution in [-0.4, -0.2) is 15.3 Å². The number of nitrogens with zero attached hydrogens (tertiary/aromatic N) is 2. The molecule has 0 saturated heterocycles. The van der Waals surface area contributed by atoms with Gasteiger partial charge in [0.2, 0.25) is 0 Å². The third kappa shape index (κ3) is 1.07. The topological polar surface area (TPSA) is 34.9 Å². The quantitative estimate of drug-likeness (QED) is 0.620. The first kappa shape index (κ1) is 7.28. The average Bonchev–Trinajstić information content (AvgIpc) is 2.49. The maximum Gasteiger partial charge on any atom is 0.137 e. The van der Waals surface area contributed by atoms with Gasteiger partial charge in [0, 0.05) is 30.9 Å². The van der Waals surface area contributed by atoms with Crippen molar-refractivity contribution in [3.05, 3.63) is 24.3 Å². The molecule has 3 heteroatoms. The molecule has 0 spiro atoms. The predicted molar refractivity (Wildman–Crippen MR) is 45.4 cm³/mol. The lowest BCUT2D eigenvalue weighted by Gasteiger charge is -2.14. The van der Waals surface area contributed by atoms with Crippen LogP contribution in [0.3, 0.4) is 0 Å². The second kappa shape index (κ2) is 2.59. The molecule has 3 nitrogen and oxygen atoms in total. The molecule has 0 amide bonds. The van der Waals surface area contributed by atoms with E-state index in [1.54, 1.807) is 13.1 Å². The third-order valence-corrected chi connectivity index (χ3v) is 2.15. The summed E-state index contributed by atoms with van der Waals surface area (Å²) in [6, 6.07) is 0. The molecule has 0 N–H and O–H groups in total. The lowest BCUT2D eigenvalue weighted by Crippen LogP contribution is -2.17. The van der Waals surface area contributed by atoms with Crippen molar-refractivity contribution in [1.29, 1.82) is 0 Å². The molecule has 2 rings (SSSR count). The second-order valence-electron chi connectivity index (χ2n) is 3.01. The number of allylic oxidation sites excluding steroid dienone is 1. The minimum absolute atomic E-state index is 0.0277. The van der Waals surface area contributed by atoms with Crippen LogP contribution in [0.1, 0.15) is 12.7 Å². The maximum absolute atomic E-state index is 11.0. The summed E-state index contributed by atoms with van der Waals surface area (Å²) >= 11 is 0. The summed E-state index contributed by atoms with van der Waals surface area (Å²) in [4.78, 5) is 15.2. The highest BCUT2D eigenvalue weighted by atomic mass is 16.1. The molecule has 1 unspecified atom stereocenters. The normalized spacial score (nSPS) is 20.6. The van der Waals surface area contributed by atoms with Crippen LogP contribution >= 0.6 is 0 Å². The summed E-state index contributed by atoms with van der Waals surface area (Å²) in [6.45, 7) is 1.62. The van der Waals surface area contributed by atoms with Crippen molar-refractivity contribution < 1.29 is 4.79 Å². The molecule has 0 fully saturated rings. The van der Waals surface area contributed by atoms with Crippen molar-refractivity contribution in [3.63, 3.8) is 0 Å². The Morgan fingerprint density at radius 1 is 1.75 bits per heavy atom. The van der Waals surface area contributed by atoms with Crippen LogP contribution in [0, 0.1) is 5.92 Å². The molecule has 0 radical (unpaired) electrons. The monoisotopic (exact) mass is 162 g/mol. The number of hydrogen-bond acceptors (Lipinski definition) is 2. The van der Waals surface area contributed by atoms with Crippen molar-refractivity contribution >= 4 is 12.0 Å². The number of rotatable bonds is 1. The summed E-state index contributed by atoms with van der Waals surface area (Å²) in [5.41, 5.74) is 0. The van der Waals surface area contributed by atoms with Gasteiger partial charge in [-0.15, -0.1) is 0 Å². The fourth-order valence-corrected chi connectivity index (χ4v) is 1.38. The van der Waals surface area contributed by atoms with Gasteiger partial charge in [-0.2, -0.15) is 0 Å². The average molecular weight is 162 g/mol. The van der Waals surface area contributed by atoms with Crippen LogP contribution in [0.4, 0.5) is 0 Å². The Balaban J connectivity index is 2.30. The van der Waals surface area contributed by atoms with Crippen LogP contribution in [-0.2, 0) is 11.2 Å². The Morgan fingerprint density at radius 3 is 3.33 bits per heavy atom. The number of carbonyl (C=O) groups is 1. The Labute approximate surface area is 70.7 Å². The van der Waals surface area contributed by atoms with E-state index in [-0.39, 0.29) is 11.7 Å². The standard InChI is InChI=1S/C9H10N2O/c1-7(12)8-2-4-11-5-3-10-9(11)6-8/h2-5,8H,6H2,1H3. The molecular weight excluding hydrogens is 152 g/mol. The fraction of sp³-hybridized carbons (Fsp3) is 0.333. The van der Waals surface area contributed by atoms with Crippen LogP contribution in [0.15, 0.2) is 18.5 Å². The molecule has 1 atom stereocenters. The van der Waals surface area contributed by atoms with Gasteiger partial charge in [-0.25, -0.2) is 4.98 Å². The number of carbonyl (C=O) groups excluding carboxylic acids is 1. The van der Waals surface area contributed by atoms with E-state index in [4.69, 9.17) is 0 Å². The molecule has 1 aliphatic rings. The molecule has 1 aromatic heterocycles. The molecule has 62 valence electrons. The lowest BCUT2D eigenvalue weighted by atomic mass is 9.99. The van der Waals surface area contributed by atoms with Gasteiger partial charge in [0.05, 0.1) is 0 Å². The van der Waals surface area contributed by atoms with Crippen molar-refractivity contribution in [2.45, 2.75) is 13.3 Å². The van der Waals surface area contributed by atoms with E-state index < -0.39 is 0 Å². The van der Waals surface area contributed by atoms with E-state index in [0.29, 0.717) is 0 Å². The first-order valence-electron chi connectivity index (χ1n) is 3.98. The fourth-order valence-electron chi connectivity index (χ4n) is 1.38. The first-order chi connectivity index (χ1) is 5.77. The van der Waals surface area contributed by atoms with Gasteiger partial charge >= 0.3 is 0 Å². The largest absolute Gasteiger partial charge is 0.311 e. The van der Waals surface area contributed by atoms with Crippen molar-refractivity contribution in [3.8, 4) is 0 Å². The molecular formula is C9H10N2O. The number of hydrogen-bond donors (Lipinski definition) is 0. The van der Waals surface area contributed by atoms with Gasteiger partial charge in [0.25, 0.3) is 0 Å². The number of aromatic nitrogens is 2. The van der Waals surface area contributed by atoms with Crippen LogP contribution in [0.5, 0.6) is 0 Å². The molecule has 2 heterocycles. The maximum atomic E-state index is 11.0. The van der Waals surface area contributed by atoms with Gasteiger partial charge in [0.15, 0.2) is 0 Å². The predicted octanol–water partition coefficient (Wildman–Crippen LogP) is 1.12. The molecule has 1 aliphatic heterocycles. The lowest BCUT2D eigenvalue weighted by molar-refractivity contribution is -0.119. The van der Waals surface area contributed by atoms with E-state index >= 15 is 0 Å². The summed E-state index contributed by atoms with van der Waals surface area (Å²) in [5.74, 6) is 1.21. The van der Waals surface area contributed by atoms with Crippen molar-refractivity contribution in [2.24, 2.45) is 5.92 Å². The molecule has 1 aromatic rings. The van der Waals surface area contributed by atoms with Crippen molar-refractivity contribution in [1.82, 2.24) is 9.55 Å². The number of ketones is 1. The van der Waals surface area contributed by atoms with Gasteiger partial charge in [0.1, 0.15) is 11.6 Å². The summed E-state index contributed by atoms with van der Waals surface area (Å²) in [5, 5.41) is 0. The first-order valence-corrected chi connectivity index (χ1v) is 3.98. The molecule has 0 saturated carbocycles. The Bertz CT molecular complexity index is 338. The SMILES string of the molecule is CC(=O)C1C=Cn2ccnc2C1. The minimum atomic E-state index is 0.0277. The number of imidazole rings is 1. The molecule has 12 heavy (non-hydrogen) atoms. The zero-order chi connectivity index (χ0) is 8.55. The van der Waals surface area contributed by atoms with E-state index in [2.05, 4.69) is 4.98 Å². The van der Waals surface area contributed by atoms with Gasteiger partial charge < -0.3 is 4.57 Å². The number of Topliss-reactive ketones (excluding diaryl/α,β-unsaturated/α-hetero) is 1.